The van der Waals surface area contributed by atoms with E-state index in [1.54, 1.807) is 0 Å². The number of nitrogens with zero attached hydrogens (tertiary/aromatic N) is 1. The second kappa shape index (κ2) is 3.53. The van der Waals surface area contributed by atoms with Crippen LogP contribution in [0, 0.1) is 0 Å². The molecule has 4 nitrogen and oxygen atoms in total. The topological polar surface area (TPSA) is 49.4 Å². The predicted octanol–water partition coefficient (Wildman–Crippen LogP) is 0.0519. The summed E-state index contributed by atoms with van der Waals surface area (Å²) in [5.74, 6) is -0.316. The van der Waals surface area contributed by atoms with Crippen LogP contribution < -0.4 is 5.32 Å². The number of rotatable bonds is 1. The normalized spacial score (nSPS) is 32.8. The third kappa shape index (κ3) is 1.57. The van der Waals surface area contributed by atoms with Gasteiger partial charge in [0, 0.05) is 24.2 Å². The monoisotopic (exact) mass is 194 g/mol. The van der Waals surface area contributed by atoms with Gasteiger partial charge in [-0.1, -0.05) is 0 Å². The zero-order valence-electron chi connectivity index (χ0n) is 8.19. The predicted molar refractivity (Wildman–Crippen MR) is 51.5 cm³/mol. The second-order valence-corrected chi connectivity index (χ2v) is 3.91. The highest BCUT2D eigenvalue weighted by atomic mass is 16.2. The van der Waals surface area contributed by atoms with E-state index in [0.717, 1.165) is 19.4 Å². The molecule has 0 spiro atoms. The van der Waals surface area contributed by atoms with E-state index in [2.05, 4.69) is 12.2 Å². The first-order chi connectivity index (χ1) is 6.68. The van der Waals surface area contributed by atoms with Gasteiger partial charge >= 0.3 is 0 Å². The lowest BCUT2D eigenvalue weighted by Crippen LogP contribution is -2.49. The number of imide groups is 1. The van der Waals surface area contributed by atoms with Crippen molar-refractivity contribution >= 4 is 11.8 Å². The summed E-state index contributed by atoms with van der Waals surface area (Å²) in [6.45, 7) is 2.95. The van der Waals surface area contributed by atoms with Crippen LogP contribution >= 0.6 is 0 Å². The van der Waals surface area contributed by atoms with E-state index >= 15 is 0 Å². The molecule has 0 saturated carbocycles. The summed E-state index contributed by atoms with van der Waals surface area (Å²) >= 11 is 0. The molecule has 2 aliphatic rings. The standard InChI is InChI=1S/C10H14N2O2/c1-7-6-8(4-5-11-7)12-9(13)2-3-10(12)14/h2-3,7-8,11H,4-6H2,1H3. The van der Waals surface area contributed by atoms with Crippen LogP contribution in [0.1, 0.15) is 19.8 Å². The molecule has 1 fully saturated rings. The van der Waals surface area contributed by atoms with Crippen molar-refractivity contribution in [1.82, 2.24) is 10.2 Å². The molecular formula is C10H14N2O2. The Hall–Kier alpha value is -1.16. The molecule has 0 aromatic rings. The van der Waals surface area contributed by atoms with Crippen LogP contribution in [-0.4, -0.2) is 35.3 Å². The summed E-state index contributed by atoms with van der Waals surface area (Å²) < 4.78 is 0. The third-order valence-corrected chi connectivity index (χ3v) is 2.80. The van der Waals surface area contributed by atoms with Crippen LogP contribution in [0.15, 0.2) is 12.2 Å². The molecule has 0 aromatic heterocycles. The van der Waals surface area contributed by atoms with Crippen LogP contribution in [0.5, 0.6) is 0 Å². The van der Waals surface area contributed by atoms with E-state index in [4.69, 9.17) is 0 Å². The fraction of sp³-hybridized carbons (Fsp3) is 0.600. The van der Waals surface area contributed by atoms with E-state index < -0.39 is 0 Å². The Morgan fingerprint density at radius 1 is 1.36 bits per heavy atom. The van der Waals surface area contributed by atoms with Gasteiger partial charge in [0.15, 0.2) is 0 Å². The summed E-state index contributed by atoms with van der Waals surface area (Å²) in [4.78, 5) is 24.2. The van der Waals surface area contributed by atoms with Crippen molar-refractivity contribution in [3.8, 4) is 0 Å². The van der Waals surface area contributed by atoms with Gasteiger partial charge in [0.1, 0.15) is 0 Å². The number of hydrogen-bond donors (Lipinski definition) is 1. The quantitative estimate of drug-likeness (QED) is 0.600. The Kier molecular flexibility index (Phi) is 2.37. The zero-order valence-corrected chi connectivity index (χ0v) is 8.19. The van der Waals surface area contributed by atoms with Crippen molar-refractivity contribution in [3.05, 3.63) is 12.2 Å². The SMILES string of the molecule is CC1CC(N2C(=O)C=CC2=O)CCN1. The van der Waals surface area contributed by atoms with Gasteiger partial charge in [-0.2, -0.15) is 0 Å². The highest BCUT2D eigenvalue weighted by Crippen LogP contribution is 2.19. The lowest BCUT2D eigenvalue weighted by molar-refractivity contribution is -0.140. The van der Waals surface area contributed by atoms with Crippen LogP contribution in [0.4, 0.5) is 0 Å². The maximum atomic E-state index is 11.4. The first-order valence-electron chi connectivity index (χ1n) is 4.97. The minimum atomic E-state index is -0.158. The van der Waals surface area contributed by atoms with Crippen molar-refractivity contribution in [2.24, 2.45) is 0 Å². The number of amides is 2. The van der Waals surface area contributed by atoms with Gasteiger partial charge in [-0.15, -0.1) is 0 Å². The van der Waals surface area contributed by atoms with Crippen molar-refractivity contribution in [3.63, 3.8) is 0 Å². The lowest BCUT2D eigenvalue weighted by Gasteiger charge is -2.33. The molecule has 76 valence electrons. The van der Waals surface area contributed by atoms with Gasteiger partial charge in [-0.3, -0.25) is 14.5 Å². The van der Waals surface area contributed by atoms with E-state index in [1.807, 2.05) is 0 Å². The van der Waals surface area contributed by atoms with Crippen LogP contribution in [0.3, 0.4) is 0 Å². The number of hydrogen-bond acceptors (Lipinski definition) is 3. The fourth-order valence-electron chi connectivity index (χ4n) is 2.11. The summed E-state index contributed by atoms with van der Waals surface area (Å²) in [6.07, 6.45) is 4.44. The van der Waals surface area contributed by atoms with Gasteiger partial charge in [0.25, 0.3) is 11.8 Å². The van der Waals surface area contributed by atoms with Crippen molar-refractivity contribution in [2.45, 2.75) is 31.8 Å². The maximum Gasteiger partial charge on any atom is 0.253 e. The molecule has 2 heterocycles. The van der Waals surface area contributed by atoms with Gasteiger partial charge in [0.2, 0.25) is 0 Å². The van der Waals surface area contributed by atoms with Gasteiger partial charge in [-0.05, 0) is 26.3 Å². The van der Waals surface area contributed by atoms with E-state index in [-0.39, 0.29) is 17.9 Å². The molecule has 2 rings (SSSR count). The molecule has 0 aromatic carbocycles. The molecule has 1 saturated heterocycles. The largest absolute Gasteiger partial charge is 0.314 e. The van der Waals surface area contributed by atoms with Crippen molar-refractivity contribution in [1.29, 1.82) is 0 Å². The van der Waals surface area contributed by atoms with E-state index in [0.29, 0.717) is 6.04 Å². The minimum absolute atomic E-state index is 0.0845. The average molecular weight is 194 g/mol. The maximum absolute atomic E-state index is 11.4. The zero-order chi connectivity index (χ0) is 10.1. The average Bonchev–Trinajstić information content (AvgIpc) is 2.46. The molecule has 14 heavy (non-hydrogen) atoms. The summed E-state index contributed by atoms with van der Waals surface area (Å²) in [5.41, 5.74) is 0. The van der Waals surface area contributed by atoms with Crippen molar-refractivity contribution in [2.75, 3.05) is 6.54 Å². The van der Waals surface area contributed by atoms with Gasteiger partial charge in [0.05, 0.1) is 0 Å². The highest BCUT2D eigenvalue weighted by Gasteiger charge is 2.33. The van der Waals surface area contributed by atoms with E-state index in [9.17, 15) is 9.59 Å². The molecule has 2 unspecified atom stereocenters. The molecule has 2 atom stereocenters. The Morgan fingerprint density at radius 2 is 2.00 bits per heavy atom. The summed E-state index contributed by atoms with van der Waals surface area (Å²) in [5, 5.41) is 3.30. The molecule has 0 radical (unpaired) electrons. The Balaban J connectivity index is 2.07. The Labute approximate surface area is 83.0 Å². The second-order valence-electron chi connectivity index (χ2n) is 3.91. The molecule has 0 bridgehead atoms. The van der Waals surface area contributed by atoms with Crippen LogP contribution in [0.25, 0.3) is 0 Å². The molecule has 2 amide bonds. The first kappa shape index (κ1) is 9.40. The minimum Gasteiger partial charge on any atom is -0.314 e. The molecular weight excluding hydrogens is 180 g/mol. The number of carbonyl (C=O) groups excluding carboxylic acids is 2. The van der Waals surface area contributed by atoms with Gasteiger partial charge < -0.3 is 5.32 Å². The summed E-state index contributed by atoms with van der Waals surface area (Å²) in [6, 6.07) is 0.469. The number of piperidine rings is 1. The molecule has 2 aliphatic heterocycles. The molecule has 1 N–H and O–H groups in total. The Bertz CT molecular complexity index is 280. The highest BCUT2D eigenvalue weighted by molar-refractivity contribution is 6.13. The molecule has 0 aliphatic carbocycles. The smallest absolute Gasteiger partial charge is 0.253 e. The van der Waals surface area contributed by atoms with Crippen molar-refractivity contribution < 1.29 is 9.59 Å². The lowest BCUT2D eigenvalue weighted by atomic mass is 9.99. The van der Waals surface area contributed by atoms with E-state index in [1.165, 1.54) is 17.1 Å². The third-order valence-electron chi connectivity index (χ3n) is 2.80. The number of nitrogens with one attached hydrogen (secondary N) is 1. The fourth-order valence-corrected chi connectivity index (χ4v) is 2.11. The molecule has 4 heteroatoms. The van der Waals surface area contributed by atoms with Gasteiger partial charge in [-0.25, -0.2) is 0 Å². The van der Waals surface area contributed by atoms with Crippen LogP contribution in [0.2, 0.25) is 0 Å². The first-order valence-corrected chi connectivity index (χ1v) is 4.97. The van der Waals surface area contributed by atoms with Crippen LogP contribution in [-0.2, 0) is 9.59 Å². The Morgan fingerprint density at radius 3 is 2.57 bits per heavy atom. The summed E-state index contributed by atoms with van der Waals surface area (Å²) in [7, 11) is 0. The number of carbonyl (C=O) groups is 2.